The zero-order chi connectivity index (χ0) is 14.7. The molecule has 20 heavy (non-hydrogen) atoms. The number of carbonyl (C=O) groups is 1. The monoisotopic (exact) mass is 283 g/mol. The van der Waals surface area contributed by atoms with Gasteiger partial charge in [-0.05, 0) is 0 Å². The first kappa shape index (κ1) is 14.5. The van der Waals surface area contributed by atoms with Crippen molar-refractivity contribution in [2.45, 2.75) is 12.6 Å². The first-order valence-corrected chi connectivity index (χ1v) is 6.29. The summed E-state index contributed by atoms with van der Waals surface area (Å²) in [6, 6.07) is 0.844. The third kappa shape index (κ3) is 2.81. The molecule has 8 heteroatoms. The van der Waals surface area contributed by atoms with Crippen LogP contribution in [0.3, 0.4) is 0 Å². The van der Waals surface area contributed by atoms with Crippen molar-refractivity contribution in [3.05, 3.63) is 33.1 Å². The number of aromatic nitrogens is 2. The van der Waals surface area contributed by atoms with Crippen molar-refractivity contribution in [3.8, 4) is 0 Å². The number of carbonyl (C=O) groups excluding carboxylic acids is 1. The van der Waals surface area contributed by atoms with E-state index >= 15 is 0 Å². The van der Waals surface area contributed by atoms with Gasteiger partial charge in [-0.25, -0.2) is 4.79 Å². The lowest BCUT2D eigenvalue weighted by atomic mass is 10.2. The molecule has 0 aliphatic carbocycles. The molecule has 2 rings (SSSR count). The molecule has 1 aliphatic rings. The molecular formula is C12H17N3O5. The average molecular weight is 283 g/mol. The summed E-state index contributed by atoms with van der Waals surface area (Å²) in [6.07, 6.45) is 1.30. The molecule has 1 N–H and O–H groups in total. The van der Waals surface area contributed by atoms with E-state index in [1.165, 1.54) is 28.8 Å². The van der Waals surface area contributed by atoms with Crippen LogP contribution in [-0.2, 0) is 23.1 Å². The first-order valence-electron chi connectivity index (χ1n) is 6.29. The predicted molar refractivity (Wildman–Crippen MR) is 69.3 cm³/mol. The van der Waals surface area contributed by atoms with E-state index in [-0.39, 0.29) is 31.7 Å². The summed E-state index contributed by atoms with van der Waals surface area (Å²) in [6.45, 7) is 0.719. The van der Waals surface area contributed by atoms with Crippen LogP contribution >= 0.6 is 0 Å². The van der Waals surface area contributed by atoms with Gasteiger partial charge < -0.3 is 14.7 Å². The van der Waals surface area contributed by atoms with Crippen molar-refractivity contribution in [1.29, 1.82) is 0 Å². The average Bonchev–Trinajstić information content (AvgIpc) is 2.47. The maximum absolute atomic E-state index is 12.2. The van der Waals surface area contributed by atoms with E-state index in [0.29, 0.717) is 13.2 Å². The highest BCUT2D eigenvalue weighted by atomic mass is 16.5. The zero-order valence-electron chi connectivity index (χ0n) is 11.2. The molecule has 8 nitrogen and oxygen atoms in total. The lowest BCUT2D eigenvalue weighted by molar-refractivity contribution is -0.142. The SMILES string of the molecule is Cn1c(=O)ccn(CC(=O)N2CCOCC2CO)c1=O. The fourth-order valence-electron chi connectivity index (χ4n) is 2.11. The molecule has 1 saturated heterocycles. The summed E-state index contributed by atoms with van der Waals surface area (Å²) in [7, 11) is 1.36. The van der Waals surface area contributed by atoms with Crippen LogP contribution in [0, 0.1) is 0 Å². The molecule has 1 amide bonds. The maximum Gasteiger partial charge on any atom is 0.331 e. The molecule has 1 atom stereocenters. The van der Waals surface area contributed by atoms with Crippen molar-refractivity contribution < 1.29 is 14.6 Å². The summed E-state index contributed by atoms with van der Waals surface area (Å²) < 4.78 is 7.31. The van der Waals surface area contributed by atoms with Gasteiger partial charge in [0.2, 0.25) is 5.91 Å². The van der Waals surface area contributed by atoms with Crippen LogP contribution < -0.4 is 11.2 Å². The Morgan fingerprint density at radius 1 is 1.50 bits per heavy atom. The van der Waals surface area contributed by atoms with E-state index in [0.717, 1.165) is 4.57 Å². The van der Waals surface area contributed by atoms with Gasteiger partial charge in [-0.1, -0.05) is 0 Å². The number of aliphatic hydroxyl groups excluding tert-OH is 1. The molecule has 0 saturated carbocycles. The Morgan fingerprint density at radius 2 is 2.25 bits per heavy atom. The maximum atomic E-state index is 12.2. The minimum Gasteiger partial charge on any atom is -0.394 e. The second kappa shape index (κ2) is 6.02. The Labute approximate surface area is 114 Å². The third-order valence-corrected chi connectivity index (χ3v) is 3.32. The molecule has 0 spiro atoms. The van der Waals surface area contributed by atoms with E-state index in [1.807, 2.05) is 0 Å². The highest BCUT2D eigenvalue weighted by Gasteiger charge is 2.26. The van der Waals surface area contributed by atoms with Gasteiger partial charge in [0.05, 0.1) is 25.9 Å². The van der Waals surface area contributed by atoms with Crippen LogP contribution in [0.4, 0.5) is 0 Å². The van der Waals surface area contributed by atoms with Crippen LogP contribution in [0.5, 0.6) is 0 Å². The molecule has 2 heterocycles. The number of hydrogen-bond acceptors (Lipinski definition) is 5. The molecule has 1 unspecified atom stereocenters. The van der Waals surface area contributed by atoms with Gasteiger partial charge in [-0.3, -0.25) is 18.7 Å². The topological polar surface area (TPSA) is 93.8 Å². The van der Waals surface area contributed by atoms with Gasteiger partial charge in [0.15, 0.2) is 0 Å². The molecule has 110 valence electrons. The Balaban J connectivity index is 2.17. The lowest BCUT2D eigenvalue weighted by Gasteiger charge is -2.34. The fraction of sp³-hybridized carbons (Fsp3) is 0.583. The normalized spacial score (nSPS) is 19.1. The molecule has 0 radical (unpaired) electrons. The van der Waals surface area contributed by atoms with Gasteiger partial charge >= 0.3 is 5.69 Å². The van der Waals surface area contributed by atoms with Crippen molar-refractivity contribution in [1.82, 2.24) is 14.0 Å². The summed E-state index contributed by atoms with van der Waals surface area (Å²) in [5.74, 6) is -0.284. The zero-order valence-corrected chi connectivity index (χ0v) is 11.2. The third-order valence-electron chi connectivity index (χ3n) is 3.32. The number of ether oxygens (including phenoxy) is 1. The molecule has 1 aliphatic heterocycles. The standard InChI is InChI=1S/C12H17N3O5/c1-13-10(17)2-3-14(12(13)19)6-11(18)15-4-5-20-8-9(15)7-16/h2-3,9,16H,4-8H2,1H3. The summed E-state index contributed by atoms with van der Waals surface area (Å²) >= 11 is 0. The Morgan fingerprint density at radius 3 is 2.95 bits per heavy atom. The second-order valence-corrected chi connectivity index (χ2v) is 4.62. The van der Waals surface area contributed by atoms with Gasteiger partial charge in [0.25, 0.3) is 5.56 Å². The second-order valence-electron chi connectivity index (χ2n) is 4.62. The number of hydrogen-bond donors (Lipinski definition) is 1. The minimum atomic E-state index is -0.542. The van der Waals surface area contributed by atoms with Gasteiger partial charge in [-0.15, -0.1) is 0 Å². The minimum absolute atomic E-state index is 0.163. The first-order chi connectivity index (χ1) is 9.54. The van der Waals surface area contributed by atoms with Crippen LogP contribution in [-0.4, -0.2) is 57.5 Å². The summed E-state index contributed by atoms with van der Waals surface area (Å²) in [4.78, 5) is 36.8. The molecule has 0 aromatic carbocycles. The Kier molecular flexibility index (Phi) is 4.35. The lowest BCUT2D eigenvalue weighted by Crippen LogP contribution is -2.52. The quantitative estimate of drug-likeness (QED) is 0.677. The highest BCUT2D eigenvalue weighted by Crippen LogP contribution is 2.07. The van der Waals surface area contributed by atoms with Crippen LogP contribution in [0.25, 0.3) is 0 Å². The summed E-state index contributed by atoms with van der Waals surface area (Å²) in [5.41, 5.74) is -0.960. The number of aliphatic hydroxyl groups is 1. The van der Waals surface area contributed by atoms with E-state index in [2.05, 4.69) is 0 Å². The Bertz CT molecular complexity index is 606. The summed E-state index contributed by atoms with van der Waals surface area (Å²) in [5, 5.41) is 9.22. The molecular weight excluding hydrogens is 266 g/mol. The molecule has 1 fully saturated rings. The smallest absolute Gasteiger partial charge is 0.331 e. The number of nitrogens with zero attached hydrogens (tertiary/aromatic N) is 3. The fourth-order valence-corrected chi connectivity index (χ4v) is 2.11. The van der Waals surface area contributed by atoms with E-state index < -0.39 is 11.2 Å². The van der Waals surface area contributed by atoms with Gasteiger partial charge in [0.1, 0.15) is 6.54 Å². The van der Waals surface area contributed by atoms with E-state index in [9.17, 15) is 19.5 Å². The van der Waals surface area contributed by atoms with Crippen molar-refractivity contribution in [3.63, 3.8) is 0 Å². The van der Waals surface area contributed by atoms with Gasteiger partial charge in [0, 0.05) is 25.9 Å². The predicted octanol–water partition coefficient (Wildman–Crippen LogP) is -2.23. The van der Waals surface area contributed by atoms with E-state index in [4.69, 9.17) is 4.74 Å². The Hall–Kier alpha value is -1.93. The largest absolute Gasteiger partial charge is 0.394 e. The van der Waals surface area contributed by atoms with Crippen molar-refractivity contribution in [2.75, 3.05) is 26.4 Å². The van der Waals surface area contributed by atoms with Crippen LogP contribution in [0.1, 0.15) is 0 Å². The van der Waals surface area contributed by atoms with E-state index in [1.54, 1.807) is 0 Å². The highest BCUT2D eigenvalue weighted by molar-refractivity contribution is 5.76. The number of morpholine rings is 1. The molecule has 1 aromatic rings. The molecule has 0 bridgehead atoms. The molecule has 1 aromatic heterocycles. The number of amides is 1. The van der Waals surface area contributed by atoms with Gasteiger partial charge in [-0.2, -0.15) is 0 Å². The number of rotatable bonds is 3. The van der Waals surface area contributed by atoms with Crippen LogP contribution in [0.2, 0.25) is 0 Å². The van der Waals surface area contributed by atoms with Crippen molar-refractivity contribution >= 4 is 5.91 Å². The van der Waals surface area contributed by atoms with Crippen molar-refractivity contribution in [2.24, 2.45) is 7.05 Å². The van der Waals surface area contributed by atoms with Crippen LogP contribution in [0.15, 0.2) is 21.9 Å².